The number of rotatable bonds is 5. The molecule has 1 aliphatic heterocycles. The van der Waals surface area contributed by atoms with Gasteiger partial charge < -0.3 is 10.2 Å². The standard InChI is InChI=1S/C20H27FN4O/c1-20(2,3)17(13-25-9-4-5-10-25)23-19(26)16-12-22-24-18(16)14-7-6-8-15(21)11-14/h6-8,11-12,17H,4-5,9-10,13H2,1-3H3,(H,22,24)(H,23,26). The van der Waals surface area contributed by atoms with Gasteiger partial charge in [0.1, 0.15) is 5.82 Å². The predicted octanol–water partition coefficient (Wildman–Crippen LogP) is 3.46. The van der Waals surface area contributed by atoms with Crippen molar-refractivity contribution in [3.63, 3.8) is 0 Å². The summed E-state index contributed by atoms with van der Waals surface area (Å²) < 4.78 is 13.5. The van der Waals surface area contributed by atoms with Gasteiger partial charge in [-0.05, 0) is 43.5 Å². The van der Waals surface area contributed by atoms with Gasteiger partial charge in [-0.25, -0.2) is 4.39 Å². The molecule has 3 rings (SSSR count). The van der Waals surface area contributed by atoms with Gasteiger partial charge in [0.25, 0.3) is 5.91 Å². The fraction of sp³-hybridized carbons (Fsp3) is 0.500. The fourth-order valence-electron chi connectivity index (χ4n) is 3.32. The highest BCUT2D eigenvalue weighted by molar-refractivity contribution is 5.99. The lowest BCUT2D eigenvalue weighted by Crippen LogP contribution is -2.50. The van der Waals surface area contributed by atoms with Crippen LogP contribution in [0, 0.1) is 11.2 Å². The Hall–Kier alpha value is -2.21. The summed E-state index contributed by atoms with van der Waals surface area (Å²) in [6, 6.07) is 6.18. The molecule has 26 heavy (non-hydrogen) atoms. The second-order valence-corrected chi connectivity index (χ2v) is 8.07. The summed E-state index contributed by atoms with van der Waals surface area (Å²) in [5, 5.41) is 10.0. The first-order valence-corrected chi connectivity index (χ1v) is 9.17. The van der Waals surface area contributed by atoms with Crippen molar-refractivity contribution in [1.82, 2.24) is 20.4 Å². The van der Waals surface area contributed by atoms with Crippen LogP contribution in [0.15, 0.2) is 30.5 Å². The van der Waals surface area contributed by atoms with Gasteiger partial charge >= 0.3 is 0 Å². The summed E-state index contributed by atoms with van der Waals surface area (Å²) in [5.41, 5.74) is 1.52. The van der Waals surface area contributed by atoms with E-state index in [4.69, 9.17) is 0 Å². The minimum Gasteiger partial charge on any atom is -0.347 e. The molecule has 2 aromatic rings. The van der Waals surface area contributed by atoms with Crippen LogP contribution in [0.1, 0.15) is 44.0 Å². The van der Waals surface area contributed by atoms with Crippen molar-refractivity contribution < 1.29 is 9.18 Å². The average molecular weight is 358 g/mol. The SMILES string of the molecule is CC(C)(C)C(CN1CCCC1)NC(=O)c1cn[nH]c1-c1cccc(F)c1. The quantitative estimate of drug-likeness (QED) is 0.860. The Bertz CT molecular complexity index is 759. The van der Waals surface area contributed by atoms with E-state index in [0.717, 1.165) is 19.6 Å². The highest BCUT2D eigenvalue weighted by Crippen LogP contribution is 2.25. The molecule has 6 heteroatoms. The Morgan fingerprint density at radius 3 is 2.73 bits per heavy atom. The number of hydrogen-bond donors (Lipinski definition) is 2. The van der Waals surface area contributed by atoms with E-state index in [2.05, 4.69) is 41.2 Å². The minimum absolute atomic E-state index is 0.0170. The summed E-state index contributed by atoms with van der Waals surface area (Å²) in [7, 11) is 0. The molecule has 1 aromatic heterocycles. The number of aromatic amines is 1. The van der Waals surface area contributed by atoms with Crippen molar-refractivity contribution >= 4 is 5.91 Å². The van der Waals surface area contributed by atoms with Crippen LogP contribution >= 0.6 is 0 Å². The fourth-order valence-corrected chi connectivity index (χ4v) is 3.32. The monoisotopic (exact) mass is 358 g/mol. The van der Waals surface area contributed by atoms with Crippen molar-refractivity contribution in [1.29, 1.82) is 0 Å². The summed E-state index contributed by atoms with van der Waals surface area (Å²) in [6.07, 6.45) is 3.94. The number of likely N-dealkylation sites (tertiary alicyclic amines) is 1. The van der Waals surface area contributed by atoms with Gasteiger partial charge in [0.15, 0.2) is 0 Å². The second-order valence-electron chi connectivity index (χ2n) is 8.07. The normalized spacial score (nSPS) is 16.6. The first-order chi connectivity index (χ1) is 12.3. The average Bonchev–Trinajstić information content (AvgIpc) is 3.25. The smallest absolute Gasteiger partial charge is 0.255 e. The van der Waals surface area contributed by atoms with Crippen LogP contribution in [0.25, 0.3) is 11.3 Å². The van der Waals surface area contributed by atoms with E-state index >= 15 is 0 Å². The molecular formula is C20H27FN4O. The summed E-state index contributed by atoms with van der Waals surface area (Å²) in [5.74, 6) is -0.526. The number of hydrogen-bond acceptors (Lipinski definition) is 3. The van der Waals surface area contributed by atoms with Crippen LogP contribution < -0.4 is 5.32 Å². The number of H-pyrrole nitrogens is 1. The molecule has 1 fully saturated rings. The van der Waals surface area contributed by atoms with E-state index in [1.807, 2.05) is 0 Å². The number of nitrogens with one attached hydrogen (secondary N) is 2. The van der Waals surface area contributed by atoms with E-state index in [0.29, 0.717) is 16.8 Å². The number of halogens is 1. The molecule has 0 bridgehead atoms. The Labute approximate surface area is 154 Å². The maximum atomic E-state index is 13.5. The Balaban J connectivity index is 1.79. The molecule has 0 aliphatic carbocycles. The number of aromatic nitrogens is 2. The van der Waals surface area contributed by atoms with Crippen LogP contribution in [-0.2, 0) is 0 Å². The highest BCUT2D eigenvalue weighted by Gasteiger charge is 2.30. The molecule has 0 saturated carbocycles. The van der Waals surface area contributed by atoms with Crippen LogP contribution in [-0.4, -0.2) is 46.7 Å². The first kappa shape index (κ1) is 18.6. The molecule has 140 valence electrons. The summed E-state index contributed by atoms with van der Waals surface area (Å²) >= 11 is 0. The molecule has 1 aliphatic rings. The van der Waals surface area contributed by atoms with Crippen molar-refractivity contribution in [2.45, 2.75) is 39.7 Å². The highest BCUT2D eigenvalue weighted by atomic mass is 19.1. The van der Waals surface area contributed by atoms with E-state index in [1.54, 1.807) is 12.1 Å². The van der Waals surface area contributed by atoms with Crippen molar-refractivity contribution in [2.75, 3.05) is 19.6 Å². The van der Waals surface area contributed by atoms with Crippen LogP contribution in [0.4, 0.5) is 4.39 Å². The van der Waals surface area contributed by atoms with Gasteiger partial charge in [0.2, 0.25) is 0 Å². The van der Waals surface area contributed by atoms with Gasteiger partial charge in [-0.15, -0.1) is 0 Å². The topological polar surface area (TPSA) is 61.0 Å². The van der Waals surface area contributed by atoms with Crippen molar-refractivity contribution in [2.24, 2.45) is 5.41 Å². The van der Waals surface area contributed by atoms with Crippen LogP contribution in [0.3, 0.4) is 0 Å². The summed E-state index contributed by atoms with van der Waals surface area (Å²) in [4.78, 5) is 15.3. The van der Waals surface area contributed by atoms with Crippen molar-refractivity contribution in [3.05, 3.63) is 41.8 Å². The van der Waals surface area contributed by atoms with E-state index < -0.39 is 0 Å². The third kappa shape index (κ3) is 4.30. The van der Waals surface area contributed by atoms with E-state index in [-0.39, 0.29) is 23.2 Å². The zero-order chi connectivity index (χ0) is 18.7. The molecule has 1 unspecified atom stereocenters. The molecule has 1 aromatic carbocycles. The molecule has 2 N–H and O–H groups in total. The largest absolute Gasteiger partial charge is 0.347 e. The third-order valence-electron chi connectivity index (χ3n) is 4.99. The second kappa shape index (κ2) is 7.58. The summed E-state index contributed by atoms with van der Waals surface area (Å²) in [6.45, 7) is 9.42. The Kier molecular flexibility index (Phi) is 5.41. The molecule has 1 amide bonds. The van der Waals surface area contributed by atoms with Gasteiger partial charge in [-0.2, -0.15) is 5.10 Å². The lowest BCUT2D eigenvalue weighted by molar-refractivity contribution is 0.0879. The van der Waals surface area contributed by atoms with Gasteiger partial charge in [-0.1, -0.05) is 32.9 Å². The number of carbonyl (C=O) groups excluding carboxylic acids is 1. The molecular weight excluding hydrogens is 331 g/mol. The third-order valence-corrected chi connectivity index (χ3v) is 4.99. The zero-order valence-corrected chi connectivity index (χ0v) is 15.7. The van der Waals surface area contributed by atoms with E-state index in [9.17, 15) is 9.18 Å². The first-order valence-electron chi connectivity index (χ1n) is 9.17. The van der Waals surface area contributed by atoms with Crippen LogP contribution in [0.2, 0.25) is 0 Å². The Morgan fingerprint density at radius 2 is 2.08 bits per heavy atom. The van der Waals surface area contributed by atoms with Crippen LogP contribution in [0.5, 0.6) is 0 Å². The number of amides is 1. The predicted molar refractivity (Wildman–Crippen MR) is 100 cm³/mol. The number of benzene rings is 1. The molecule has 0 radical (unpaired) electrons. The van der Waals surface area contributed by atoms with Gasteiger partial charge in [0.05, 0.1) is 17.5 Å². The van der Waals surface area contributed by atoms with Gasteiger partial charge in [0, 0.05) is 18.2 Å². The minimum atomic E-state index is -0.343. The molecule has 2 heterocycles. The number of nitrogens with zero attached hydrogens (tertiary/aromatic N) is 2. The van der Waals surface area contributed by atoms with Gasteiger partial charge in [-0.3, -0.25) is 9.89 Å². The van der Waals surface area contributed by atoms with Crippen molar-refractivity contribution in [3.8, 4) is 11.3 Å². The molecule has 5 nitrogen and oxygen atoms in total. The number of carbonyl (C=O) groups is 1. The lowest BCUT2D eigenvalue weighted by atomic mass is 9.86. The Morgan fingerprint density at radius 1 is 1.35 bits per heavy atom. The molecule has 0 spiro atoms. The lowest BCUT2D eigenvalue weighted by Gasteiger charge is -2.34. The van der Waals surface area contributed by atoms with E-state index in [1.165, 1.54) is 31.2 Å². The molecule has 1 atom stereocenters. The maximum absolute atomic E-state index is 13.5. The maximum Gasteiger partial charge on any atom is 0.255 e. The molecule has 1 saturated heterocycles. The zero-order valence-electron chi connectivity index (χ0n) is 15.7.